The molecule has 1 N–H and O–H groups in total. The standard InChI is InChI=1S/C20H25N5O2/c1-6-20(5)18(26)25(19(27)22-20)21-11-17-14(3)23-24(15(17)4)12-16-9-7-13(2)8-10-16/h7-11H,6,12H2,1-5H3,(H,22,27)/b21-11-/t20-/m1/s1. The Balaban J connectivity index is 1.83. The fraction of sp³-hybridized carbons (Fsp3) is 0.400. The highest BCUT2D eigenvalue weighted by molar-refractivity contribution is 6.07. The van der Waals surface area contributed by atoms with Gasteiger partial charge in [0.2, 0.25) is 0 Å². The highest BCUT2D eigenvalue weighted by atomic mass is 16.2. The Kier molecular flexibility index (Phi) is 4.87. The minimum Gasteiger partial charge on any atom is -0.322 e. The Morgan fingerprint density at radius 1 is 1.19 bits per heavy atom. The molecule has 1 aliphatic rings. The van der Waals surface area contributed by atoms with Gasteiger partial charge in [-0.25, -0.2) is 4.79 Å². The van der Waals surface area contributed by atoms with Crippen LogP contribution in [0, 0.1) is 20.8 Å². The van der Waals surface area contributed by atoms with E-state index in [9.17, 15) is 9.59 Å². The van der Waals surface area contributed by atoms with Gasteiger partial charge in [0, 0.05) is 11.3 Å². The molecule has 142 valence electrons. The zero-order chi connectivity index (χ0) is 19.8. The van der Waals surface area contributed by atoms with Gasteiger partial charge in [0.05, 0.1) is 18.5 Å². The first-order valence-electron chi connectivity index (χ1n) is 9.05. The maximum absolute atomic E-state index is 12.4. The third kappa shape index (κ3) is 3.49. The molecule has 1 aromatic heterocycles. The van der Waals surface area contributed by atoms with Crippen molar-refractivity contribution in [2.75, 3.05) is 0 Å². The van der Waals surface area contributed by atoms with Crippen LogP contribution in [0.1, 0.15) is 48.3 Å². The third-order valence-electron chi connectivity index (χ3n) is 5.14. The van der Waals surface area contributed by atoms with Crippen molar-refractivity contribution < 1.29 is 9.59 Å². The largest absolute Gasteiger partial charge is 0.346 e. The second-order valence-corrected chi connectivity index (χ2v) is 7.21. The molecule has 0 radical (unpaired) electrons. The summed E-state index contributed by atoms with van der Waals surface area (Å²) in [6.45, 7) is 10.1. The topological polar surface area (TPSA) is 79.6 Å². The van der Waals surface area contributed by atoms with E-state index in [1.807, 2.05) is 25.5 Å². The van der Waals surface area contributed by atoms with Crippen LogP contribution in [0.15, 0.2) is 29.4 Å². The van der Waals surface area contributed by atoms with E-state index in [-0.39, 0.29) is 5.91 Å². The number of carbonyl (C=O) groups excluding carboxylic acids is 2. The average Bonchev–Trinajstić information content (AvgIpc) is 3.02. The maximum Gasteiger partial charge on any atom is 0.346 e. The zero-order valence-corrected chi connectivity index (χ0v) is 16.4. The van der Waals surface area contributed by atoms with Gasteiger partial charge in [0.15, 0.2) is 0 Å². The molecule has 3 rings (SSSR count). The number of hydrogen-bond acceptors (Lipinski definition) is 4. The summed E-state index contributed by atoms with van der Waals surface area (Å²) in [7, 11) is 0. The Hall–Kier alpha value is -2.96. The molecule has 0 unspecified atom stereocenters. The molecule has 1 aliphatic heterocycles. The van der Waals surface area contributed by atoms with Crippen molar-refractivity contribution in [2.45, 2.75) is 53.1 Å². The highest BCUT2D eigenvalue weighted by Gasteiger charge is 2.46. The van der Waals surface area contributed by atoms with Gasteiger partial charge in [-0.05, 0) is 39.7 Å². The summed E-state index contributed by atoms with van der Waals surface area (Å²) >= 11 is 0. The molecule has 0 bridgehead atoms. The smallest absolute Gasteiger partial charge is 0.322 e. The number of benzene rings is 1. The van der Waals surface area contributed by atoms with Crippen LogP contribution in [-0.4, -0.2) is 38.5 Å². The minimum atomic E-state index is -0.895. The van der Waals surface area contributed by atoms with Crippen molar-refractivity contribution in [1.82, 2.24) is 20.1 Å². The summed E-state index contributed by atoms with van der Waals surface area (Å²) < 4.78 is 1.91. The minimum absolute atomic E-state index is 0.339. The van der Waals surface area contributed by atoms with Crippen LogP contribution < -0.4 is 5.32 Å². The molecule has 0 aliphatic carbocycles. The van der Waals surface area contributed by atoms with E-state index < -0.39 is 11.6 Å². The van der Waals surface area contributed by atoms with Gasteiger partial charge in [-0.2, -0.15) is 10.2 Å². The number of nitrogens with zero attached hydrogens (tertiary/aromatic N) is 4. The van der Waals surface area contributed by atoms with Gasteiger partial charge in [0.25, 0.3) is 5.91 Å². The lowest BCUT2D eigenvalue weighted by atomic mass is 10.00. The van der Waals surface area contributed by atoms with Gasteiger partial charge >= 0.3 is 6.03 Å². The molecule has 0 saturated carbocycles. The van der Waals surface area contributed by atoms with Gasteiger partial charge < -0.3 is 5.32 Å². The Morgan fingerprint density at radius 3 is 2.44 bits per heavy atom. The fourth-order valence-electron chi connectivity index (χ4n) is 3.05. The number of hydrazone groups is 1. The number of aryl methyl sites for hydroxylation is 2. The van der Waals surface area contributed by atoms with Crippen LogP contribution in [0.4, 0.5) is 4.79 Å². The molecule has 7 heteroatoms. The van der Waals surface area contributed by atoms with E-state index in [4.69, 9.17) is 0 Å². The van der Waals surface area contributed by atoms with Crippen molar-refractivity contribution in [1.29, 1.82) is 0 Å². The summed E-state index contributed by atoms with van der Waals surface area (Å²) in [5.74, 6) is -0.339. The molecule has 7 nitrogen and oxygen atoms in total. The van der Waals surface area contributed by atoms with Crippen LogP contribution in [0.3, 0.4) is 0 Å². The van der Waals surface area contributed by atoms with Gasteiger partial charge in [0.1, 0.15) is 5.54 Å². The van der Waals surface area contributed by atoms with E-state index in [0.29, 0.717) is 13.0 Å². The molecule has 1 fully saturated rings. The average molecular weight is 367 g/mol. The fourth-order valence-corrected chi connectivity index (χ4v) is 3.05. The predicted molar refractivity (Wildman–Crippen MR) is 104 cm³/mol. The van der Waals surface area contributed by atoms with Crippen LogP contribution in [-0.2, 0) is 11.3 Å². The summed E-state index contributed by atoms with van der Waals surface area (Å²) in [6.07, 6.45) is 2.05. The van der Waals surface area contributed by atoms with Crippen molar-refractivity contribution in [3.8, 4) is 0 Å². The number of hydrogen-bond donors (Lipinski definition) is 1. The second-order valence-electron chi connectivity index (χ2n) is 7.21. The normalized spacial score (nSPS) is 20.0. The molecular formula is C20H25N5O2. The molecule has 2 heterocycles. The lowest BCUT2D eigenvalue weighted by Crippen LogP contribution is -2.42. The van der Waals surface area contributed by atoms with Crippen LogP contribution in [0.2, 0.25) is 0 Å². The number of amides is 3. The number of aromatic nitrogens is 2. The van der Waals surface area contributed by atoms with E-state index in [2.05, 4.69) is 46.7 Å². The van der Waals surface area contributed by atoms with Crippen LogP contribution in [0.25, 0.3) is 0 Å². The Morgan fingerprint density at radius 2 is 1.85 bits per heavy atom. The van der Waals surface area contributed by atoms with Gasteiger partial charge in [-0.1, -0.05) is 36.8 Å². The van der Waals surface area contributed by atoms with E-state index >= 15 is 0 Å². The maximum atomic E-state index is 12.4. The molecule has 1 saturated heterocycles. The summed E-state index contributed by atoms with van der Waals surface area (Å²) in [6, 6.07) is 7.82. The molecule has 3 amide bonds. The third-order valence-corrected chi connectivity index (χ3v) is 5.14. The summed E-state index contributed by atoms with van der Waals surface area (Å²) in [4.78, 5) is 24.5. The zero-order valence-electron chi connectivity index (χ0n) is 16.4. The van der Waals surface area contributed by atoms with Gasteiger partial charge in [-0.15, -0.1) is 5.01 Å². The molecular weight excluding hydrogens is 342 g/mol. The van der Waals surface area contributed by atoms with Gasteiger partial charge in [-0.3, -0.25) is 9.48 Å². The SMILES string of the molecule is CC[C@@]1(C)NC(=O)N(/N=C\c2c(C)nn(Cc3ccc(C)cc3)c2C)C1=O. The van der Waals surface area contributed by atoms with E-state index in [1.54, 1.807) is 13.1 Å². The monoisotopic (exact) mass is 367 g/mol. The first kappa shape index (κ1) is 18.8. The Labute approximate surface area is 159 Å². The summed E-state index contributed by atoms with van der Waals surface area (Å²) in [5.41, 5.74) is 4.02. The number of rotatable bonds is 5. The summed E-state index contributed by atoms with van der Waals surface area (Å²) in [5, 5.41) is 12.3. The second kappa shape index (κ2) is 6.98. The molecule has 1 aromatic carbocycles. The molecule has 27 heavy (non-hydrogen) atoms. The lowest BCUT2D eigenvalue weighted by molar-refractivity contribution is -0.130. The molecule has 1 atom stereocenters. The quantitative estimate of drug-likeness (QED) is 0.652. The molecule has 0 spiro atoms. The lowest BCUT2D eigenvalue weighted by Gasteiger charge is -2.17. The van der Waals surface area contributed by atoms with Crippen molar-refractivity contribution in [2.24, 2.45) is 5.10 Å². The van der Waals surface area contributed by atoms with Crippen LogP contribution >= 0.6 is 0 Å². The van der Waals surface area contributed by atoms with E-state index in [0.717, 1.165) is 27.5 Å². The van der Waals surface area contributed by atoms with Crippen molar-refractivity contribution in [3.05, 3.63) is 52.3 Å². The number of nitrogens with one attached hydrogen (secondary N) is 1. The van der Waals surface area contributed by atoms with E-state index in [1.165, 1.54) is 5.56 Å². The van der Waals surface area contributed by atoms with Crippen molar-refractivity contribution in [3.63, 3.8) is 0 Å². The number of urea groups is 1. The Bertz CT molecular complexity index is 913. The van der Waals surface area contributed by atoms with Crippen LogP contribution in [0.5, 0.6) is 0 Å². The first-order chi connectivity index (χ1) is 12.7. The number of carbonyl (C=O) groups is 2. The molecule has 2 aromatic rings. The predicted octanol–water partition coefficient (Wildman–Crippen LogP) is 2.91. The number of imide groups is 1. The first-order valence-corrected chi connectivity index (χ1v) is 9.05. The highest BCUT2D eigenvalue weighted by Crippen LogP contribution is 2.21. The van der Waals surface area contributed by atoms with Crippen molar-refractivity contribution >= 4 is 18.2 Å².